The maximum atomic E-state index is 13.7. The van der Waals surface area contributed by atoms with E-state index in [1.807, 2.05) is 0 Å². The van der Waals surface area contributed by atoms with E-state index in [4.69, 9.17) is 5.11 Å². The Bertz CT molecular complexity index is 398. The van der Waals surface area contributed by atoms with Gasteiger partial charge >= 0.3 is 5.97 Å². The average molecular weight is 256 g/mol. The number of allylic oxidation sites excluding steroid dienone is 4. The molecule has 0 heterocycles. The van der Waals surface area contributed by atoms with Crippen LogP contribution in [0.1, 0.15) is 13.8 Å². The van der Waals surface area contributed by atoms with Gasteiger partial charge < -0.3 is 5.11 Å². The summed E-state index contributed by atoms with van der Waals surface area (Å²) in [6.45, 7) is 2.67. The summed E-state index contributed by atoms with van der Waals surface area (Å²) in [6, 6.07) is -1.89. The van der Waals surface area contributed by atoms with Gasteiger partial charge in [-0.1, -0.05) is 13.8 Å². The first-order valence-electron chi connectivity index (χ1n) is 5.64. The Kier molecular flexibility index (Phi) is 4.70. The number of nitrogens with one attached hydrogen (secondary N) is 1. The van der Waals surface area contributed by atoms with Crippen LogP contribution >= 0.6 is 0 Å². The summed E-state index contributed by atoms with van der Waals surface area (Å²) in [5.41, 5.74) is 0.711. The predicted octanol–water partition coefficient (Wildman–Crippen LogP) is 2.18. The highest BCUT2D eigenvalue weighted by molar-refractivity contribution is 5.75. The van der Waals surface area contributed by atoms with Gasteiger partial charge in [-0.15, -0.1) is 0 Å². The van der Waals surface area contributed by atoms with Crippen molar-refractivity contribution in [2.24, 2.45) is 5.92 Å². The topological polar surface area (TPSA) is 49.3 Å². The van der Waals surface area contributed by atoms with Gasteiger partial charge in [0.1, 0.15) is 12.2 Å². The Morgan fingerprint density at radius 1 is 1.56 bits per heavy atom. The molecule has 0 fully saturated rings. The lowest BCUT2D eigenvalue weighted by Gasteiger charge is -2.27. The predicted molar refractivity (Wildman–Crippen MR) is 64.2 cm³/mol. The van der Waals surface area contributed by atoms with E-state index < -0.39 is 23.9 Å². The van der Waals surface area contributed by atoms with Crippen molar-refractivity contribution < 1.29 is 18.7 Å². The molecule has 98 valence electrons. The quantitative estimate of drug-likeness (QED) is 0.716. The Balaban J connectivity index is 2.70. The van der Waals surface area contributed by atoms with Crippen molar-refractivity contribution in [2.75, 3.05) is 6.54 Å². The molecule has 1 aliphatic carbocycles. The van der Waals surface area contributed by atoms with E-state index in [0.29, 0.717) is 5.57 Å². The van der Waals surface area contributed by atoms with E-state index in [9.17, 15) is 13.6 Å². The van der Waals surface area contributed by atoms with Gasteiger partial charge in [-0.25, -0.2) is 8.78 Å². The molecule has 0 radical (unpaired) electrons. The zero-order valence-electron chi connectivity index (χ0n) is 10.3. The molecule has 0 aromatic heterocycles. The smallest absolute Gasteiger partial charge is 0.327 e. The van der Waals surface area contributed by atoms with Crippen molar-refractivity contribution in [1.82, 2.24) is 5.32 Å². The minimum Gasteiger partial charge on any atom is -0.480 e. The maximum Gasteiger partial charge on any atom is 0.327 e. The van der Waals surface area contributed by atoms with Gasteiger partial charge in [0.05, 0.1) is 18.2 Å². The van der Waals surface area contributed by atoms with Crippen LogP contribution in [-0.4, -0.2) is 29.6 Å². The molecule has 0 amide bonds. The fourth-order valence-corrected chi connectivity index (χ4v) is 1.48. The van der Waals surface area contributed by atoms with Crippen LogP contribution < -0.4 is 5.32 Å². The molecule has 1 aliphatic rings. The molecule has 5 heteroatoms. The summed E-state index contributed by atoms with van der Waals surface area (Å²) in [5.74, 6) is -5.90. The molecule has 0 saturated carbocycles. The lowest BCUT2D eigenvalue weighted by Crippen LogP contribution is -2.53. The van der Waals surface area contributed by atoms with E-state index in [2.05, 4.69) is 11.4 Å². The SMILES string of the molecule is CC(C)C(F)(F)C(NCC1=CC=C[C+]=C1)C(=O)O. The molecule has 0 saturated heterocycles. The first kappa shape index (κ1) is 14.5. The number of carboxylic acids is 1. The fraction of sp³-hybridized carbons (Fsp3) is 0.462. The minimum atomic E-state index is -3.30. The molecule has 0 aliphatic heterocycles. The second-order valence-electron chi connectivity index (χ2n) is 4.39. The highest BCUT2D eigenvalue weighted by atomic mass is 19.3. The molecular weight excluding hydrogens is 240 g/mol. The summed E-state index contributed by atoms with van der Waals surface area (Å²) in [4.78, 5) is 10.9. The summed E-state index contributed by atoms with van der Waals surface area (Å²) in [7, 11) is 0. The summed E-state index contributed by atoms with van der Waals surface area (Å²) >= 11 is 0. The van der Waals surface area contributed by atoms with Crippen molar-refractivity contribution in [3.05, 3.63) is 36.0 Å². The van der Waals surface area contributed by atoms with Crippen LogP contribution in [0.5, 0.6) is 0 Å². The molecule has 0 aromatic rings. The van der Waals surface area contributed by atoms with Crippen LogP contribution in [0.4, 0.5) is 8.78 Å². The van der Waals surface area contributed by atoms with Crippen molar-refractivity contribution in [3.8, 4) is 0 Å². The van der Waals surface area contributed by atoms with Crippen molar-refractivity contribution >= 4 is 5.97 Å². The standard InChI is InChI=1S/C13H15F2NO2/c1-9(2)13(14,15)11(12(17)18)16-8-10-6-4-3-5-7-10/h3-4,6-7,9,11,16H,8H2,1-2H3/p+1. The van der Waals surface area contributed by atoms with Gasteiger partial charge in [-0.3, -0.25) is 10.1 Å². The van der Waals surface area contributed by atoms with Gasteiger partial charge in [-0.2, -0.15) is 0 Å². The summed E-state index contributed by atoms with van der Waals surface area (Å²) in [5, 5.41) is 11.3. The largest absolute Gasteiger partial charge is 0.480 e. The fourth-order valence-electron chi connectivity index (χ4n) is 1.48. The second-order valence-corrected chi connectivity index (χ2v) is 4.39. The molecule has 1 rings (SSSR count). The van der Waals surface area contributed by atoms with E-state index in [-0.39, 0.29) is 6.54 Å². The third kappa shape index (κ3) is 3.45. The molecule has 0 aromatic carbocycles. The number of carboxylic acid groups (broad SMARTS) is 1. The lowest BCUT2D eigenvalue weighted by molar-refractivity contribution is -0.155. The average Bonchev–Trinajstić information content (AvgIpc) is 2.29. The van der Waals surface area contributed by atoms with Gasteiger partial charge in [0, 0.05) is 18.1 Å². The number of aliphatic carboxylic acids is 1. The molecule has 1 atom stereocenters. The highest BCUT2D eigenvalue weighted by Gasteiger charge is 2.47. The molecule has 0 spiro atoms. The molecule has 2 N–H and O–H groups in total. The first-order valence-corrected chi connectivity index (χ1v) is 5.64. The number of halogens is 2. The maximum absolute atomic E-state index is 13.7. The van der Waals surface area contributed by atoms with Crippen LogP contribution in [0, 0.1) is 12.0 Å². The number of hydrogen-bond acceptors (Lipinski definition) is 2. The highest BCUT2D eigenvalue weighted by Crippen LogP contribution is 2.28. The molecule has 18 heavy (non-hydrogen) atoms. The van der Waals surface area contributed by atoms with Crippen LogP contribution in [-0.2, 0) is 4.79 Å². The number of rotatable bonds is 6. The van der Waals surface area contributed by atoms with Gasteiger partial charge in [-0.05, 0) is 0 Å². The van der Waals surface area contributed by atoms with Crippen molar-refractivity contribution in [2.45, 2.75) is 25.8 Å². The number of alkyl halides is 2. The molecular formula is C13H16F2NO2+. The summed E-state index contributed by atoms with van der Waals surface area (Å²) in [6.07, 6.45) is 9.54. The van der Waals surface area contributed by atoms with Gasteiger partial charge in [0.25, 0.3) is 5.92 Å². The minimum absolute atomic E-state index is 0.0661. The third-order valence-electron chi connectivity index (χ3n) is 2.68. The van der Waals surface area contributed by atoms with Crippen LogP contribution in [0.2, 0.25) is 0 Å². The van der Waals surface area contributed by atoms with Gasteiger partial charge in [0.2, 0.25) is 0 Å². The Morgan fingerprint density at radius 3 is 2.67 bits per heavy atom. The van der Waals surface area contributed by atoms with E-state index in [0.717, 1.165) is 0 Å². The van der Waals surface area contributed by atoms with E-state index >= 15 is 0 Å². The van der Waals surface area contributed by atoms with Crippen LogP contribution in [0.25, 0.3) is 0 Å². The summed E-state index contributed by atoms with van der Waals surface area (Å²) < 4.78 is 27.4. The lowest BCUT2D eigenvalue weighted by atomic mass is 9.98. The van der Waals surface area contributed by atoms with Crippen molar-refractivity contribution in [3.63, 3.8) is 0 Å². The Morgan fingerprint density at radius 2 is 2.22 bits per heavy atom. The van der Waals surface area contributed by atoms with Crippen LogP contribution in [0.15, 0.2) is 29.9 Å². The second kappa shape index (κ2) is 5.85. The van der Waals surface area contributed by atoms with Gasteiger partial charge in [0.15, 0.2) is 6.04 Å². The number of hydrogen-bond donors (Lipinski definition) is 2. The third-order valence-corrected chi connectivity index (χ3v) is 2.68. The normalized spacial score (nSPS) is 16.4. The zero-order chi connectivity index (χ0) is 13.8. The molecule has 0 bridgehead atoms. The van der Waals surface area contributed by atoms with Crippen LogP contribution in [0.3, 0.4) is 0 Å². The Hall–Kier alpha value is -1.58. The molecule has 1 unspecified atom stereocenters. The van der Waals surface area contributed by atoms with E-state index in [1.54, 1.807) is 24.3 Å². The zero-order valence-corrected chi connectivity index (χ0v) is 10.3. The van der Waals surface area contributed by atoms with Crippen molar-refractivity contribution in [1.29, 1.82) is 0 Å². The number of carbonyl (C=O) groups is 1. The first-order chi connectivity index (χ1) is 8.35. The Labute approximate surface area is 105 Å². The van der Waals surface area contributed by atoms with E-state index in [1.165, 1.54) is 13.8 Å². The molecule has 3 nitrogen and oxygen atoms in total. The monoisotopic (exact) mass is 256 g/mol.